The molecule has 0 saturated heterocycles. The number of nitro benzene ring substituents is 1. The van der Waals surface area contributed by atoms with E-state index in [9.17, 15) is 23.7 Å². The van der Waals surface area contributed by atoms with Crippen LogP contribution in [0.3, 0.4) is 0 Å². The van der Waals surface area contributed by atoms with Gasteiger partial charge in [0.1, 0.15) is 5.69 Å². The van der Waals surface area contributed by atoms with E-state index >= 15 is 0 Å². The molecular weight excluding hydrogens is 370 g/mol. The van der Waals surface area contributed by atoms with E-state index in [-0.39, 0.29) is 16.9 Å². The molecule has 0 spiro atoms. The van der Waals surface area contributed by atoms with Gasteiger partial charge in [-0.05, 0) is 36.8 Å². The number of nitrogens with zero attached hydrogens (tertiary/aromatic N) is 4. The van der Waals surface area contributed by atoms with Crippen LogP contribution < -0.4 is 0 Å². The molecule has 1 aromatic heterocycles. The Labute approximate surface area is 159 Å². The quantitative estimate of drug-likeness (QED) is 0.492. The van der Waals surface area contributed by atoms with Gasteiger partial charge < -0.3 is 9.47 Å². The summed E-state index contributed by atoms with van der Waals surface area (Å²) in [5, 5.41) is 11.5. The highest BCUT2D eigenvalue weighted by atomic mass is 19.2. The highest BCUT2D eigenvalue weighted by Gasteiger charge is 2.24. The summed E-state index contributed by atoms with van der Waals surface area (Å²) in [7, 11) is 1.49. The van der Waals surface area contributed by atoms with Crippen molar-refractivity contribution < 1.29 is 18.5 Å². The van der Waals surface area contributed by atoms with Gasteiger partial charge in [0, 0.05) is 31.1 Å². The van der Waals surface area contributed by atoms with Crippen molar-refractivity contribution in [1.29, 1.82) is 0 Å². The molecule has 0 aliphatic carbocycles. The summed E-state index contributed by atoms with van der Waals surface area (Å²) >= 11 is 0. The Bertz CT molecular complexity index is 1040. The molecule has 9 heteroatoms. The normalized spacial score (nSPS) is 11.9. The third-order valence-electron chi connectivity index (χ3n) is 4.53. The van der Waals surface area contributed by atoms with E-state index in [4.69, 9.17) is 0 Å². The Morgan fingerprint density at radius 3 is 2.57 bits per heavy atom. The predicted octanol–water partition coefficient (Wildman–Crippen LogP) is 3.89. The molecule has 3 aromatic rings. The monoisotopic (exact) mass is 386 g/mol. The molecule has 1 heterocycles. The zero-order valence-electron chi connectivity index (χ0n) is 15.0. The second-order valence-corrected chi connectivity index (χ2v) is 6.20. The predicted molar refractivity (Wildman–Crippen MR) is 97.1 cm³/mol. The highest BCUT2D eigenvalue weighted by molar-refractivity contribution is 5.95. The van der Waals surface area contributed by atoms with Crippen LogP contribution in [-0.4, -0.2) is 32.3 Å². The van der Waals surface area contributed by atoms with Crippen LogP contribution in [0.1, 0.15) is 28.9 Å². The van der Waals surface area contributed by atoms with Gasteiger partial charge in [0.15, 0.2) is 11.6 Å². The lowest BCUT2D eigenvalue weighted by Crippen LogP contribution is -2.29. The molecule has 0 bridgehead atoms. The van der Waals surface area contributed by atoms with E-state index in [1.165, 1.54) is 53.3 Å². The second kappa shape index (κ2) is 7.55. The van der Waals surface area contributed by atoms with Crippen LogP contribution in [0, 0.1) is 21.7 Å². The summed E-state index contributed by atoms with van der Waals surface area (Å²) in [6.07, 6.45) is 4.46. The van der Waals surface area contributed by atoms with Gasteiger partial charge in [-0.2, -0.15) is 0 Å². The lowest BCUT2D eigenvalue weighted by atomic mass is 10.1. The third-order valence-corrected chi connectivity index (χ3v) is 4.53. The van der Waals surface area contributed by atoms with Crippen LogP contribution in [0.2, 0.25) is 0 Å². The number of nitro groups is 1. The fourth-order valence-corrected chi connectivity index (χ4v) is 2.80. The van der Waals surface area contributed by atoms with Crippen molar-refractivity contribution in [2.75, 3.05) is 7.05 Å². The van der Waals surface area contributed by atoms with Crippen LogP contribution in [0.5, 0.6) is 0 Å². The summed E-state index contributed by atoms with van der Waals surface area (Å²) in [4.78, 5) is 28.8. The number of aromatic nitrogens is 2. The fraction of sp³-hybridized carbons (Fsp3) is 0.158. The zero-order chi connectivity index (χ0) is 20.4. The van der Waals surface area contributed by atoms with Crippen LogP contribution in [0.4, 0.5) is 14.5 Å². The molecule has 0 saturated carbocycles. The Morgan fingerprint density at radius 1 is 1.21 bits per heavy atom. The Hall–Kier alpha value is -3.62. The molecule has 1 atom stereocenters. The molecule has 1 unspecified atom stereocenters. The van der Waals surface area contributed by atoms with Crippen molar-refractivity contribution in [2.24, 2.45) is 0 Å². The standard InChI is InChI=1S/C19H16F2N4O3/c1-12(13-3-5-15(20)16(21)9-13)23(2)19(26)14-4-6-17(18(10-14)25(27)28)24-8-7-22-11-24/h3-12H,1-2H3. The van der Waals surface area contributed by atoms with Gasteiger partial charge in [0.2, 0.25) is 0 Å². The number of amides is 1. The molecule has 1 amide bonds. The van der Waals surface area contributed by atoms with Crippen LogP contribution in [0.15, 0.2) is 55.1 Å². The van der Waals surface area contributed by atoms with E-state index in [1.54, 1.807) is 13.1 Å². The molecule has 0 radical (unpaired) electrons. The first-order valence-electron chi connectivity index (χ1n) is 8.28. The molecule has 144 valence electrons. The topological polar surface area (TPSA) is 81.3 Å². The molecule has 7 nitrogen and oxygen atoms in total. The number of hydrogen-bond acceptors (Lipinski definition) is 4. The number of benzene rings is 2. The molecule has 2 aromatic carbocycles. The molecule has 3 rings (SSSR count). The summed E-state index contributed by atoms with van der Waals surface area (Å²) < 4.78 is 28.1. The van der Waals surface area contributed by atoms with Crippen LogP contribution in [0.25, 0.3) is 5.69 Å². The lowest BCUT2D eigenvalue weighted by molar-refractivity contribution is -0.384. The van der Waals surface area contributed by atoms with Gasteiger partial charge in [-0.3, -0.25) is 14.9 Å². The first-order valence-corrected chi connectivity index (χ1v) is 8.28. The maximum absolute atomic E-state index is 13.5. The maximum atomic E-state index is 13.5. The van der Waals surface area contributed by atoms with Crippen molar-refractivity contribution in [3.63, 3.8) is 0 Å². The van der Waals surface area contributed by atoms with Gasteiger partial charge >= 0.3 is 0 Å². The largest absolute Gasteiger partial charge is 0.335 e. The SMILES string of the molecule is CC(c1ccc(F)c(F)c1)N(C)C(=O)c1ccc(-n2ccnc2)c([N+](=O)[O-])c1. The molecular formula is C19H16F2N4O3. The fourth-order valence-electron chi connectivity index (χ4n) is 2.80. The van der Waals surface area contributed by atoms with Crippen molar-refractivity contribution in [3.05, 3.63) is 88.0 Å². The van der Waals surface area contributed by atoms with E-state index < -0.39 is 28.5 Å². The average molecular weight is 386 g/mol. The number of hydrogen-bond donors (Lipinski definition) is 0. The van der Waals surface area contributed by atoms with Gasteiger partial charge in [-0.15, -0.1) is 0 Å². The zero-order valence-corrected chi connectivity index (χ0v) is 15.0. The Balaban J connectivity index is 1.92. The van der Waals surface area contributed by atoms with Gasteiger partial charge in [-0.1, -0.05) is 6.07 Å². The molecule has 0 N–H and O–H groups in total. The minimum atomic E-state index is -1.01. The maximum Gasteiger partial charge on any atom is 0.294 e. The summed E-state index contributed by atoms with van der Waals surface area (Å²) in [5.74, 6) is -2.47. The van der Waals surface area contributed by atoms with E-state index in [0.717, 1.165) is 12.1 Å². The molecule has 0 aliphatic heterocycles. The molecule has 28 heavy (non-hydrogen) atoms. The molecule has 0 aliphatic rings. The average Bonchev–Trinajstić information content (AvgIpc) is 3.22. The van der Waals surface area contributed by atoms with Gasteiger partial charge in [-0.25, -0.2) is 13.8 Å². The third kappa shape index (κ3) is 3.59. The number of rotatable bonds is 5. The van der Waals surface area contributed by atoms with E-state index in [0.29, 0.717) is 5.56 Å². The molecule has 0 fully saturated rings. The number of imidazole rings is 1. The first-order chi connectivity index (χ1) is 13.3. The van der Waals surface area contributed by atoms with Gasteiger partial charge in [0.25, 0.3) is 11.6 Å². The van der Waals surface area contributed by atoms with Crippen LogP contribution in [-0.2, 0) is 0 Å². The first kappa shape index (κ1) is 19.2. The lowest BCUT2D eigenvalue weighted by Gasteiger charge is -2.25. The van der Waals surface area contributed by atoms with Crippen molar-refractivity contribution in [3.8, 4) is 5.69 Å². The minimum absolute atomic E-state index is 0.104. The van der Waals surface area contributed by atoms with Gasteiger partial charge in [0.05, 0.1) is 17.3 Å². The second-order valence-electron chi connectivity index (χ2n) is 6.20. The smallest absolute Gasteiger partial charge is 0.294 e. The summed E-state index contributed by atoms with van der Waals surface area (Å²) in [6.45, 7) is 1.65. The van der Waals surface area contributed by atoms with Crippen molar-refractivity contribution in [2.45, 2.75) is 13.0 Å². The highest BCUT2D eigenvalue weighted by Crippen LogP contribution is 2.27. The van der Waals surface area contributed by atoms with Crippen molar-refractivity contribution in [1.82, 2.24) is 14.5 Å². The number of carbonyl (C=O) groups is 1. The Morgan fingerprint density at radius 2 is 1.96 bits per heavy atom. The van der Waals surface area contributed by atoms with Crippen LogP contribution >= 0.6 is 0 Å². The summed E-state index contributed by atoms with van der Waals surface area (Å²) in [5.41, 5.74) is 0.528. The van der Waals surface area contributed by atoms with Crippen molar-refractivity contribution >= 4 is 11.6 Å². The van der Waals surface area contributed by atoms with E-state index in [2.05, 4.69) is 4.98 Å². The minimum Gasteiger partial charge on any atom is -0.335 e. The number of halogens is 2. The number of carbonyl (C=O) groups excluding carboxylic acids is 1. The summed E-state index contributed by atoms with van der Waals surface area (Å²) in [6, 6.07) is 6.94. The van der Waals surface area contributed by atoms with E-state index in [1.807, 2.05) is 0 Å². The Kier molecular flexibility index (Phi) is 5.16.